The molecule has 0 saturated carbocycles. The molecule has 0 spiro atoms. The summed E-state index contributed by atoms with van der Waals surface area (Å²) < 4.78 is 3.07. The fourth-order valence-corrected chi connectivity index (χ4v) is 2.68. The molecule has 96 valence electrons. The Kier molecular flexibility index (Phi) is 4.29. The summed E-state index contributed by atoms with van der Waals surface area (Å²) in [5.74, 6) is 0. The number of hydrogen-bond acceptors (Lipinski definition) is 3. The van der Waals surface area contributed by atoms with Gasteiger partial charge in [-0.3, -0.25) is 4.57 Å². The van der Waals surface area contributed by atoms with Crippen LogP contribution in [0.25, 0.3) is 0 Å². The molecule has 6 heteroatoms. The van der Waals surface area contributed by atoms with Crippen molar-refractivity contribution in [3.63, 3.8) is 0 Å². The normalized spacial score (nSPS) is 10.8. The van der Waals surface area contributed by atoms with Crippen LogP contribution in [0.5, 0.6) is 0 Å². The Bertz CT molecular complexity index is 606. The van der Waals surface area contributed by atoms with Gasteiger partial charge in [0.1, 0.15) is 0 Å². The van der Waals surface area contributed by atoms with Gasteiger partial charge in [0, 0.05) is 12.4 Å². The number of aromatic nitrogens is 3. The Morgan fingerprint density at radius 2 is 2.11 bits per heavy atom. The van der Waals surface area contributed by atoms with Gasteiger partial charge >= 0.3 is 5.69 Å². The number of benzene rings is 1. The van der Waals surface area contributed by atoms with E-state index in [1.54, 1.807) is 11.6 Å². The van der Waals surface area contributed by atoms with Crippen molar-refractivity contribution < 1.29 is 0 Å². The predicted molar refractivity (Wildman–Crippen MR) is 77.4 cm³/mol. The average Bonchev–Trinajstić information content (AvgIpc) is 2.67. The largest absolute Gasteiger partial charge is 0.346 e. The fraction of sp³-hybridized carbons (Fsp3) is 0.333. The van der Waals surface area contributed by atoms with E-state index in [0.29, 0.717) is 6.54 Å². The van der Waals surface area contributed by atoms with Crippen molar-refractivity contribution in [3.8, 4) is 0 Å². The summed E-state index contributed by atoms with van der Waals surface area (Å²) in [7, 11) is 1.67. The van der Waals surface area contributed by atoms with Crippen LogP contribution in [-0.2, 0) is 18.9 Å². The minimum atomic E-state index is -0.0800. The van der Waals surface area contributed by atoms with Crippen LogP contribution in [0.15, 0.2) is 34.2 Å². The lowest BCUT2D eigenvalue weighted by atomic mass is 10.1. The van der Waals surface area contributed by atoms with E-state index >= 15 is 0 Å². The highest BCUT2D eigenvalue weighted by Crippen LogP contribution is 2.13. The van der Waals surface area contributed by atoms with Crippen molar-refractivity contribution in [2.45, 2.75) is 17.0 Å². The van der Waals surface area contributed by atoms with Crippen molar-refractivity contribution in [2.24, 2.45) is 7.05 Å². The van der Waals surface area contributed by atoms with E-state index in [1.165, 1.54) is 22.0 Å². The van der Waals surface area contributed by atoms with E-state index in [0.717, 1.165) is 16.0 Å². The summed E-state index contributed by atoms with van der Waals surface area (Å²) in [6.07, 6.45) is 1.92. The van der Waals surface area contributed by atoms with E-state index in [2.05, 4.69) is 33.2 Å². The van der Waals surface area contributed by atoms with Gasteiger partial charge in [0.2, 0.25) is 0 Å². The average molecular weight is 328 g/mol. The molecule has 2 rings (SSSR count). The van der Waals surface area contributed by atoms with Crippen LogP contribution in [0, 0.1) is 0 Å². The number of halogens is 1. The van der Waals surface area contributed by atoms with E-state index in [4.69, 9.17) is 0 Å². The first kappa shape index (κ1) is 13.4. The lowest BCUT2D eigenvalue weighted by molar-refractivity contribution is 0.679. The molecule has 0 unspecified atom stereocenters. The molecule has 0 radical (unpaired) electrons. The van der Waals surface area contributed by atoms with Gasteiger partial charge in [0.15, 0.2) is 5.16 Å². The van der Waals surface area contributed by atoms with Crippen LogP contribution in [0.1, 0.15) is 11.1 Å². The van der Waals surface area contributed by atoms with E-state index in [9.17, 15) is 4.79 Å². The maximum atomic E-state index is 11.9. The molecule has 0 N–H and O–H groups in total. The van der Waals surface area contributed by atoms with Crippen LogP contribution in [0.4, 0.5) is 0 Å². The van der Waals surface area contributed by atoms with Gasteiger partial charge in [0.05, 0.1) is 6.54 Å². The topological polar surface area (TPSA) is 39.8 Å². The van der Waals surface area contributed by atoms with Gasteiger partial charge in [0.25, 0.3) is 0 Å². The fourth-order valence-electron chi connectivity index (χ4n) is 1.76. The van der Waals surface area contributed by atoms with Gasteiger partial charge < -0.3 is 0 Å². The van der Waals surface area contributed by atoms with E-state index < -0.39 is 0 Å². The Balaban J connectivity index is 2.36. The van der Waals surface area contributed by atoms with Crippen LogP contribution < -0.4 is 5.69 Å². The van der Waals surface area contributed by atoms with Crippen molar-refractivity contribution in [3.05, 3.63) is 45.9 Å². The molecule has 2 aromatic rings. The van der Waals surface area contributed by atoms with Crippen molar-refractivity contribution >= 4 is 27.7 Å². The molecule has 0 saturated heterocycles. The van der Waals surface area contributed by atoms with Crippen LogP contribution in [0.2, 0.25) is 0 Å². The molecule has 1 aromatic carbocycles. The maximum absolute atomic E-state index is 11.9. The SMILES string of the molecule is CSc1nn(C)c(=O)n1Cc1cccc(CBr)c1. The van der Waals surface area contributed by atoms with Gasteiger partial charge in [-0.15, -0.1) is 5.10 Å². The third kappa shape index (κ3) is 2.70. The predicted octanol–water partition coefficient (Wildman–Crippen LogP) is 2.25. The standard InChI is InChI=1S/C12H14BrN3OS/c1-15-12(17)16(11(14-15)18-2)8-10-5-3-4-9(6-10)7-13/h3-6H,7-8H2,1-2H3. The summed E-state index contributed by atoms with van der Waals surface area (Å²) in [5, 5.41) is 5.75. The zero-order valence-corrected chi connectivity index (χ0v) is 12.7. The number of rotatable bonds is 4. The summed E-state index contributed by atoms with van der Waals surface area (Å²) in [5.41, 5.74) is 2.23. The quantitative estimate of drug-likeness (QED) is 0.638. The first-order valence-corrected chi connectivity index (χ1v) is 7.82. The summed E-state index contributed by atoms with van der Waals surface area (Å²) >= 11 is 4.92. The van der Waals surface area contributed by atoms with E-state index in [-0.39, 0.29) is 5.69 Å². The highest BCUT2D eigenvalue weighted by Gasteiger charge is 2.10. The summed E-state index contributed by atoms with van der Waals surface area (Å²) in [6.45, 7) is 0.559. The number of hydrogen-bond donors (Lipinski definition) is 0. The summed E-state index contributed by atoms with van der Waals surface area (Å²) in [4.78, 5) is 11.9. The van der Waals surface area contributed by atoms with Crippen molar-refractivity contribution in [2.75, 3.05) is 6.26 Å². The van der Waals surface area contributed by atoms with Gasteiger partial charge in [-0.05, 0) is 17.4 Å². The maximum Gasteiger partial charge on any atom is 0.346 e. The monoisotopic (exact) mass is 327 g/mol. The lowest BCUT2D eigenvalue weighted by Crippen LogP contribution is -2.23. The molecule has 0 atom stereocenters. The Labute approximate surface area is 118 Å². The Hall–Kier alpha value is -1.01. The second-order valence-electron chi connectivity index (χ2n) is 3.93. The Morgan fingerprint density at radius 1 is 1.39 bits per heavy atom. The molecule has 4 nitrogen and oxygen atoms in total. The minimum absolute atomic E-state index is 0.0800. The molecule has 18 heavy (non-hydrogen) atoms. The first-order valence-electron chi connectivity index (χ1n) is 5.47. The minimum Gasteiger partial charge on any atom is -0.266 e. The third-order valence-electron chi connectivity index (χ3n) is 2.64. The van der Waals surface area contributed by atoms with Crippen molar-refractivity contribution in [1.82, 2.24) is 14.3 Å². The molecule has 0 bridgehead atoms. The molecular weight excluding hydrogens is 314 g/mol. The molecule has 1 heterocycles. The molecule has 0 amide bonds. The zero-order valence-electron chi connectivity index (χ0n) is 10.3. The molecule has 0 aliphatic heterocycles. The zero-order chi connectivity index (χ0) is 13.1. The van der Waals surface area contributed by atoms with Crippen molar-refractivity contribution in [1.29, 1.82) is 0 Å². The molecular formula is C12H14BrN3OS. The lowest BCUT2D eigenvalue weighted by Gasteiger charge is -2.05. The number of nitrogens with zero attached hydrogens (tertiary/aromatic N) is 3. The molecule has 1 aromatic heterocycles. The molecule has 0 aliphatic rings. The Morgan fingerprint density at radius 3 is 2.78 bits per heavy atom. The van der Waals surface area contributed by atoms with E-state index in [1.807, 2.05) is 18.4 Å². The number of thioether (sulfide) groups is 1. The van der Waals surface area contributed by atoms with Gasteiger partial charge in [-0.1, -0.05) is 52.0 Å². The molecule has 0 aliphatic carbocycles. The summed E-state index contributed by atoms with van der Waals surface area (Å²) in [6, 6.07) is 8.18. The second-order valence-corrected chi connectivity index (χ2v) is 5.27. The molecule has 0 fully saturated rings. The first-order chi connectivity index (χ1) is 8.65. The van der Waals surface area contributed by atoms with Gasteiger partial charge in [-0.25, -0.2) is 9.48 Å². The smallest absolute Gasteiger partial charge is 0.266 e. The highest BCUT2D eigenvalue weighted by atomic mass is 79.9. The number of aryl methyl sites for hydroxylation is 1. The third-order valence-corrected chi connectivity index (χ3v) is 3.96. The number of alkyl halides is 1. The van der Waals surface area contributed by atoms with Crippen LogP contribution >= 0.6 is 27.7 Å². The van der Waals surface area contributed by atoms with Crippen LogP contribution in [0.3, 0.4) is 0 Å². The second kappa shape index (κ2) is 5.75. The van der Waals surface area contributed by atoms with Crippen LogP contribution in [-0.4, -0.2) is 20.6 Å². The van der Waals surface area contributed by atoms with Gasteiger partial charge in [-0.2, -0.15) is 0 Å². The highest BCUT2D eigenvalue weighted by molar-refractivity contribution is 9.08.